The van der Waals surface area contributed by atoms with Crippen molar-refractivity contribution in [3.63, 3.8) is 0 Å². The Morgan fingerprint density at radius 1 is 0.488 bits per heavy atom. The topological polar surface area (TPSA) is 144 Å². The van der Waals surface area contributed by atoms with Crippen molar-refractivity contribution in [1.29, 1.82) is 21.0 Å². The molecule has 188 valence electrons. The molecule has 0 aliphatic heterocycles. The summed E-state index contributed by atoms with van der Waals surface area (Å²) < 4.78 is 3.68. The summed E-state index contributed by atoms with van der Waals surface area (Å²) in [6.45, 7) is 2.00. The highest BCUT2D eigenvalue weighted by atomic mass is 15.3. The Morgan fingerprint density at radius 3 is 1.27 bits per heavy atom. The van der Waals surface area contributed by atoms with Crippen molar-refractivity contribution in [3.05, 3.63) is 101 Å². The molecule has 41 heavy (non-hydrogen) atoms. The summed E-state index contributed by atoms with van der Waals surface area (Å²) in [5.41, 5.74) is 5.58. The number of aryl methyl sites for hydroxylation is 1. The molecule has 0 saturated carbocycles. The summed E-state index contributed by atoms with van der Waals surface area (Å²) >= 11 is 0. The average Bonchev–Trinajstić information content (AvgIpc) is 3.51. The van der Waals surface area contributed by atoms with Crippen molar-refractivity contribution in [3.8, 4) is 36.2 Å². The van der Waals surface area contributed by atoms with Crippen molar-refractivity contribution < 1.29 is 0 Å². The smallest absolute Gasteiger partial charge is 0.240 e. The fourth-order valence-corrected chi connectivity index (χ4v) is 5.40. The van der Waals surface area contributed by atoms with Crippen molar-refractivity contribution in [2.75, 3.05) is 0 Å². The number of nitriles is 4. The van der Waals surface area contributed by atoms with Gasteiger partial charge in [-0.3, -0.25) is 9.13 Å². The molecule has 0 amide bonds. The number of aromatic nitrogens is 5. The first-order chi connectivity index (χ1) is 20.0. The van der Waals surface area contributed by atoms with E-state index in [4.69, 9.17) is 4.98 Å². The molecule has 7 rings (SSSR count). The molecule has 0 radical (unpaired) electrons. The Labute approximate surface area is 232 Å². The normalized spacial score (nSPS) is 11.0. The highest BCUT2D eigenvalue weighted by molar-refractivity contribution is 6.11. The van der Waals surface area contributed by atoms with Crippen LogP contribution in [0, 0.1) is 52.2 Å². The van der Waals surface area contributed by atoms with Gasteiger partial charge in [0.25, 0.3) is 0 Å². The largest absolute Gasteiger partial charge is 0.278 e. The van der Waals surface area contributed by atoms with Crippen LogP contribution in [0.5, 0.6) is 0 Å². The van der Waals surface area contributed by atoms with E-state index in [1.165, 1.54) is 0 Å². The van der Waals surface area contributed by atoms with Crippen molar-refractivity contribution in [1.82, 2.24) is 24.1 Å². The van der Waals surface area contributed by atoms with Crippen LogP contribution in [0.2, 0.25) is 0 Å². The maximum atomic E-state index is 9.95. The molecule has 0 fully saturated rings. The molecule has 0 saturated heterocycles. The Kier molecular flexibility index (Phi) is 5.03. The number of rotatable bonds is 2. The average molecular weight is 526 g/mol. The maximum absolute atomic E-state index is 9.95. The second-order valence-electron chi connectivity index (χ2n) is 9.59. The third kappa shape index (κ3) is 3.48. The quantitative estimate of drug-likeness (QED) is 0.275. The molecule has 0 aliphatic carbocycles. The van der Waals surface area contributed by atoms with Crippen LogP contribution in [-0.2, 0) is 0 Å². The summed E-state index contributed by atoms with van der Waals surface area (Å²) in [4.78, 5) is 13.9. The summed E-state index contributed by atoms with van der Waals surface area (Å²) in [6, 6.07) is 30.6. The van der Waals surface area contributed by atoms with Crippen LogP contribution in [-0.4, -0.2) is 24.1 Å². The number of hydrogen-bond acceptors (Lipinski definition) is 7. The molecular formula is C32H15N9. The molecule has 0 bridgehead atoms. The number of benzene rings is 4. The zero-order chi connectivity index (χ0) is 28.2. The molecule has 0 unspecified atom stereocenters. The van der Waals surface area contributed by atoms with Crippen LogP contribution in [0.15, 0.2) is 72.8 Å². The molecular weight excluding hydrogens is 510 g/mol. The van der Waals surface area contributed by atoms with Gasteiger partial charge in [0.2, 0.25) is 17.7 Å². The number of nitrogens with zero attached hydrogens (tertiary/aromatic N) is 9. The first-order valence-electron chi connectivity index (χ1n) is 12.5. The standard InChI is InChI=1S/C32H15N9/c1-18-2-6-26-22(10-18)23-11-19(14-33)3-7-27(23)40(26)31-37-30(17-36)38-32(39-31)41-28-8-4-20(15-34)12-24(28)25-13-21(16-35)5-9-29(25)41/h2-13H,1H3. The van der Waals surface area contributed by atoms with E-state index in [1.54, 1.807) is 30.3 Å². The van der Waals surface area contributed by atoms with E-state index in [-0.39, 0.29) is 17.7 Å². The van der Waals surface area contributed by atoms with Gasteiger partial charge in [-0.15, -0.1) is 0 Å². The Balaban J connectivity index is 1.58. The van der Waals surface area contributed by atoms with Crippen molar-refractivity contribution in [2.24, 2.45) is 0 Å². The van der Waals surface area contributed by atoms with Crippen LogP contribution in [0.3, 0.4) is 0 Å². The molecule has 3 aromatic heterocycles. The highest BCUT2D eigenvalue weighted by Gasteiger charge is 2.20. The molecule has 9 heteroatoms. The monoisotopic (exact) mass is 525 g/mol. The zero-order valence-corrected chi connectivity index (χ0v) is 21.5. The van der Waals surface area contributed by atoms with E-state index in [2.05, 4.69) is 40.3 Å². The van der Waals surface area contributed by atoms with E-state index in [9.17, 15) is 21.0 Å². The maximum Gasteiger partial charge on any atom is 0.240 e. The Bertz CT molecular complexity index is 2360. The number of hydrogen-bond donors (Lipinski definition) is 0. The van der Waals surface area contributed by atoms with Gasteiger partial charge in [-0.2, -0.15) is 36.0 Å². The van der Waals surface area contributed by atoms with Gasteiger partial charge < -0.3 is 0 Å². The third-order valence-corrected chi connectivity index (χ3v) is 7.18. The minimum absolute atomic E-state index is 0.0713. The lowest BCUT2D eigenvalue weighted by atomic mass is 10.1. The molecule has 0 aliphatic rings. The van der Waals surface area contributed by atoms with Gasteiger partial charge in [-0.25, -0.2) is 0 Å². The summed E-state index contributed by atoms with van der Waals surface area (Å²) in [7, 11) is 0. The van der Waals surface area contributed by atoms with Gasteiger partial charge in [0.05, 0.1) is 57.0 Å². The lowest BCUT2D eigenvalue weighted by molar-refractivity contribution is 0.873. The molecule has 0 N–H and O–H groups in total. The second-order valence-corrected chi connectivity index (χ2v) is 9.59. The van der Waals surface area contributed by atoms with Gasteiger partial charge in [0.1, 0.15) is 6.07 Å². The van der Waals surface area contributed by atoms with E-state index >= 15 is 0 Å². The minimum atomic E-state index is -0.0713. The van der Waals surface area contributed by atoms with E-state index < -0.39 is 0 Å². The highest BCUT2D eigenvalue weighted by Crippen LogP contribution is 2.35. The predicted molar refractivity (Wildman–Crippen MR) is 152 cm³/mol. The fraction of sp³-hybridized carbons (Fsp3) is 0.0312. The van der Waals surface area contributed by atoms with Crippen molar-refractivity contribution >= 4 is 43.6 Å². The van der Waals surface area contributed by atoms with Crippen LogP contribution < -0.4 is 0 Å². The van der Waals surface area contributed by atoms with E-state index in [1.807, 2.05) is 52.5 Å². The van der Waals surface area contributed by atoms with Gasteiger partial charge in [-0.05, 0) is 73.7 Å². The van der Waals surface area contributed by atoms with Crippen LogP contribution in [0.1, 0.15) is 28.1 Å². The Hall–Kier alpha value is -6.55. The van der Waals surface area contributed by atoms with Crippen LogP contribution in [0.25, 0.3) is 55.5 Å². The molecule has 0 spiro atoms. The molecule has 9 nitrogen and oxygen atoms in total. The summed E-state index contributed by atoms with van der Waals surface area (Å²) in [5, 5.41) is 41.9. The van der Waals surface area contributed by atoms with Gasteiger partial charge >= 0.3 is 0 Å². The fourth-order valence-electron chi connectivity index (χ4n) is 5.40. The van der Waals surface area contributed by atoms with E-state index in [0.29, 0.717) is 27.7 Å². The number of fused-ring (bicyclic) bond motifs is 6. The van der Waals surface area contributed by atoms with Gasteiger partial charge in [0, 0.05) is 21.5 Å². The molecule has 7 aromatic rings. The van der Waals surface area contributed by atoms with Crippen LogP contribution in [0.4, 0.5) is 0 Å². The second kappa shape index (κ2) is 8.75. The first kappa shape index (κ1) is 23.6. The minimum Gasteiger partial charge on any atom is -0.278 e. The SMILES string of the molecule is Cc1ccc2c(c1)c1cc(C#N)ccc1n2-c1nc(C#N)nc(-n2c3ccc(C#N)cc3c3cc(C#N)ccc32)n1. The predicted octanol–water partition coefficient (Wildman–Crippen LogP) is 5.86. The van der Waals surface area contributed by atoms with Gasteiger partial charge in [-0.1, -0.05) is 11.6 Å². The van der Waals surface area contributed by atoms with Crippen molar-refractivity contribution in [2.45, 2.75) is 6.92 Å². The lowest BCUT2D eigenvalue weighted by Gasteiger charge is -2.10. The van der Waals surface area contributed by atoms with Crippen LogP contribution >= 0.6 is 0 Å². The third-order valence-electron chi connectivity index (χ3n) is 7.18. The summed E-state index contributed by atoms with van der Waals surface area (Å²) in [6.07, 6.45) is 0. The summed E-state index contributed by atoms with van der Waals surface area (Å²) in [5.74, 6) is 0.396. The van der Waals surface area contributed by atoms with E-state index in [0.717, 1.165) is 38.1 Å². The van der Waals surface area contributed by atoms with Gasteiger partial charge in [0.15, 0.2) is 0 Å². The Morgan fingerprint density at radius 2 is 0.878 bits per heavy atom. The lowest BCUT2D eigenvalue weighted by Crippen LogP contribution is -2.10. The molecule has 3 heterocycles. The zero-order valence-electron chi connectivity index (χ0n) is 21.5. The molecule has 0 atom stereocenters. The molecule has 4 aromatic carbocycles. The first-order valence-corrected chi connectivity index (χ1v) is 12.5.